The van der Waals surface area contributed by atoms with E-state index >= 15 is 0 Å². The number of halogens is 1. The third-order valence-corrected chi connectivity index (χ3v) is 5.95. The molecule has 0 bridgehead atoms. The molecule has 1 aliphatic rings. The molecule has 2 heterocycles. The number of amides is 1. The normalized spacial score (nSPS) is 15.0. The lowest BCUT2D eigenvalue weighted by molar-refractivity contribution is -0.126. The number of anilines is 1. The van der Waals surface area contributed by atoms with Gasteiger partial charge in [-0.1, -0.05) is 37.6 Å². The summed E-state index contributed by atoms with van der Waals surface area (Å²) in [6, 6.07) is 6.41. The van der Waals surface area contributed by atoms with E-state index in [4.69, 9.17) is 11.6 Å². The number of carbonyl (C=O) groups is 1. The number of hydrogen-bond donors (Lipinski definition) is 0. The number of hydrogen-bond acceptors (Lipinski definition) is 3. The molecule has 1 saturated heterocycles. The highest BCUT2D eigenvalue weighted by Gasteiger charge is 2.21. The van der Waals surface area contributed by atoms with Crippen LogP contribution in [0.3, 0.4) is 0 Å². The van der Waals surface area contributed by atoms with Gasteiger partial charge in [0.05, 0.1) is 5.69 Å². The van der Waals surface area contributed by atoms with E-state index in [0.29, 0.717) is 11.1 Å². The van der Waals surface area contributed by atoms with Gasteiger partial charge in [0.2, 0.25) is 5.91 Å². The molecule has 5 nitrogen and oxygen atoms in total. The average molecular weight is 415 g/mol. The van der Waals surface area contributed by atoms with Crippen LogP contribution in [0.4, 0.5) is 5.69 Å². The van der Waals surface area contributed by atoms with Gasteiger partial charge < -0.3 is 9.80 Å². The van der Waals surface area contributed by atoms with Gasteiger partial charge in [-0.05, 0) is 50.0 Å². The fraction of sp³-hybridized carbons (Fsp3) is 0.478. The van der Waals surface area contributed by atoms with Crippen LogP contribution in [0.25, 0.3) is 6.08 Å². The Kier molecular flexibility index (Phi) is 6.68. The average Bonchev–Trinajstić information content (AvgIpc) is 2.94. The van der Waals surface area contributed by atoms with Crippen molar-refractivity contribution in [1.82, 2.24) is 14.7 Å². The number of aromatic nitrogens is 2. The summed E-state index contributed by atoms with van der Waals surface area (Å²) < 4.78 is 1.81. The molecular weight excluding hydrogens is 384 g/mol. The van der Waals surface area contributed by atoms with Gasteiger partial charge in [0.15, 0.2) is 0 Å². The van der Waals surface area contributed by atoms with Crippen LogP contribution < -0.4 is 4.90 Å². The Morgan fingerprint density at radius 1 is 1.17 bits per heavy atom. The molecule has 0 radical (unpaired) electrons. The van der Waals surface area contributed by atoms with E-state index in [2.05, 4.69) is 55.9 Å². The van der Waals surface area contributed by atoms with Crippen LogP contribution in [0.2, 0.25) is 5.15 Å². The van der Waals surface area contributed by atoms with Crippen LogP contribution in [0.15, 0.2) is 24.3 Å². The summed E-state index contributed by atoms with van der Waals surface area (Å²) in [4.78, 5) is 17.0. The molecule has 1 aliphatic heterocycles. The molecule has 1 aromatic carbocycles. The lowest BCUT2D eigenvalue weighted by Gasteiger charge is -2.36. The van der Waals surface area contributed by atoms with E-state index in [1.807, 2.05) is 16.5 Å². The lowest BCUT2D eigenvalue weighted by atomic mass is 10.1. The van der Waals surface area contributed by atoms with Crippen LogP contribution in [-0.2, 0) is 11.3 Å². The van der Waals surface area contributed by atoms with Crippen LogP contribution in [-0.4, -0.2) is 46.8 Å². The molecule has 0 saturated carbocycles. The van der Waals surface area contributed by atoms with Gasteiger partial charge in [0.25, 0.3) is 0 Å². The van der Waals surface area contributed by atoms with E-state index in [1.165, 1.54) is 16.8 Å². The van der Waals surface area contributed by atoms with E-state index < -0.39 is 0 Å². The number of carbonyl (C=O) groups excluding carboxylic acids is 1. The minimum absolute atomic E-state index is 0.0256. The first-order chi connectivity index (χ1) is 13.8. The Hall–Kier alpha value is -2.27. The third kappa shape index (κ3) is 4.84. The van der Waals surface area contributed by atoms with E-state index in [0.717, 1.165) is 44.0 Å². The fourth-order valence-corrected chi connectivity index (χ4v) is 4.04. The molecule has 0 N–H and O–H groups in total. The van der Waals surface area contributed by atoms with E-state index in [1.54, 1.807) is 12.2 Å². The maximum atomic E-state index is 12.7. The first-order valence-corrected chi connectivity index (χ1v) is 10.7. The summed E-state index contributed by atoms with van der Waals surface area (Å²) in [5.74, 6) is 0.483. The van der Waals surface area contributed by atoms with Crippen molar-refractivity contribution < 1.29 is 4.79 Å². The zero-order chi connectivity index (χ0) is 21.1. The SMILES string of the molecule is Cc1cccc(N2CCN(C(=O)/C=C\c3c(C)nn(CC(C)C)c3Cl)CC2)c1C. The predicted octanol–water partition coefficient (Wildman–Crippen LogP) is 4.48. The second-order valence-corrected chi connectivity index (χ2v) is 8.59. The second kappa shape index (κ2) is 9.04. The van der Waals surface area contributed by atoms with Crippen molar-refractivity contribution in [3.8, 4) is 0 Å². The molecule has 6 heteroatoms. The maximum Gasteiger partial charge on any atom is 0.246 e. The summed E-state index contributed by atoms with van der Waals surface area (Å²) in [6.07, 6.45) is 3.43. The standard InChI is InChI=1S/C23H31ClN4O/c1-16(2)15-28-23(24)20(19(5)25-28)9-10-22(29)27-13-11-26(12-14-27)21-8-6-7-17(3)18(21)4/h6-10,16H,11-15H2,1-5H3/b10-9-. The molecule has 29 heavy (non-hydrogen) atoms. The summed E-state index contributed by atoms with van der Waals surface area (Å²) in [5.41, 5.74) is 5.56. The molecule has 1 aromatic heterocycles. The number of aryl methyl sites for hydroxylation is 2. The molecule has 2 aromatic rings. The first kappa shape index (κ1) is 21.4. The minimum Gasteiger partial charge on any atom is -0.368 e. The molecule has 3 rings (SSSR count). The van der Waals surface area contributed by atoms with Gasteiger partial charge in [-0.25, -0.2) is 0 Å². The zero-order valence-electron chi connectivity index (χ0n) is 18.1. The quantitative estimate of drug-likeness (QED) is 0.677. The van der Waals surface area contributed by atoms with Gasteiger partial charge in [0, 0.05) is 50.1 Å². The number of piperazine rings is 1. The lowest BCUT2D eigenvalue weighted by Crippen LogP contribution is -2.48. The number of rotatable bonds is 5. The van der Waals surface area contributed by atoms with Crippen molar-refractivity contribution in [3.63, 3.8) is 0 Å². The van der Waals surface area contributed by atoms with Crippen molar-refractivity contribution in [2.45, 2.75) is 41.2 Å². The molecule has 0 unspecified atom stereocenters. The molecule has 1 amide bonds. The molecular formula is C23H31ClN4O. The molecule has 1 fully saturated rings. The van der Waals surface area contributed by atoms with Crippen LogP contribution in [0.1, 0.15) is 36.2 Å². The summed E-state index contributed by atoms with van der Waals surface area (Å²) in [5, 5.41) is 5.10. The highest BCUT2D eigenvalue weighted by Crippen LogP contribution is 2.25. The van der Waals surface area contributed by atoms with Gasteiger partial charge >= 0.3 is 0 Å². The molecule has 0 atom stereocenters. The summed E-state index contributed by atoms with van der Waals surface area (Å²) in [7, 11) is 0. The van der Waals surface area contributed by atoms with Gasteiger partial charge in [-0.15, -0.1) is 0 Å². The van der Waals surface area contributed by atoms with Crippen molar-refractivity contribution in [1.29, 1.82) is 0 Å². The smallest absolute Gasteiger partial charge is 0.246 e. The fourth-order valence-electron chi connectivity index (χ4n) is 3.73. The highest BCUT2D eigenvalue weighted by atomic mass is 35.5. The van der Waals surface area contributed by atoms with E-state index in [9.17, 15) is 4.79 Å². The van der Waals surface area contributed by atoms with Gasteiger partial charge in [-0.2, -0.15) is 5.10 Å². The Morgan fingerprint density at radius 3 is 2.52 bits per heavy atom. The Labute approximate surface area is 178 Å². The molecule has 0 aliphatic carbocycles. The van der Waals surface area contributed by atoms with Gasteiger partial charge in [0.1, 0.15) is 5.15 Å². The Morgan fingerprint density at radius 2 is 1.86 bits per heavy atom. The maximum absolute atomic E-state index is 12.7. The van der Waals surface area contributed by atoms with E-state index in [-0.39, 0.29) is 5.91 Å². The van der Waals surface area contributed by atoms with Crippen LogP contribution in [0, 0.1) is 26.7 Å². The van der Waals surface area contributed by atoms with Gasteiger partial charge in [-0.3, -0.25) is 9.48 Å². The van der Waals surface area contributed by atoms with Crippen molar-refractivity contribution in [3.05, 3.63) is 51.8 Å². The summed E-state index contributed by atoms with van der Waals surface area (Å²) in [6.45, 7) is 14.4. The van der Waals surface area contributed by atoms with Crippen molar-refractivity contribution in [2.75, 3.05) is 31.1 Å². The van der Waals surface area contributed by atoms with Crippen LogP contribution >= 0.6 is 11.6 Å². The topological polar surface area (TPSA) is 41.4 Å². The second-order valence-electron chi connectivity index (χ2n) is 8.23. The number of nitrogens with zero attached hydrogens (tertiary/aromatic N) is 4. The number of benzene rings is 1. The van der Waals surface area contributed by atoms with Crippen molar-refractivity contribution >= 4 is 29.3 Å². The zero-order valence-corrected chi connectivity index (χ0v) is 18.8. The Balaban J connectivity index is 1.63. The largest absolute Gasteiger partial charge is 0.368 e. The molecule has 0 spiro atoms. The predicted molar refractivity (Wildman–Crippen MR) is 121 cm³/mol. The summed E-state index contributed by atoms with van der Waals surface area (Å²) >= 11 is 6.48. The minimum atomic E-state index is 0.0256. The van der Waals surface area contributed by atoms with Crippen LogP contribution in [0.5, 0.6) is 0 Å². The highest BCUT2D eigenvalue weighted by molar-refractivity contribution is 6.31. The third-order valence-electron chi connectivity index (χ3n) is 5.55. The van der Waals surface area contributed by atoms with Crippen molar-refractivity contribution in [2.24, 2.45) is 5.92 Å². The Bertz CT molecular complexity index is 908. The molecule has 156 valence electrons. The first-order valence-electron chi connectivity index (χ1n) is 10.3. The monoisotopic (exact) mass is 414 g/mol.